The van der Waals surface area contributed by atoms with E-state index in [-0.39, 0.29) is 6.04 Å². The van der Waals surface area contributed by atoms with Crippen LogP contribution in [-0.4, -0.2) is 19.4 Å². The zero-order chi connectivity index (χ0) is 10.4. The van der Waals surface area contributed by atoms with Gasteiger partial charge in [-0.1, -0.05) is 30.3 Å². The summed E-state index contributed by atoms with van der Waals surface area (Å²) in [5.74, 6) is 0. The summed E-state index contributed by atoms with van der Waals surface area (Å²) < 4.78 is 7.14. The molecule has 0 aliphatic carbocycles. The van der Waals surface area contributed by atoms with Gasteiger partial charge in [-0.3, -0.25) is 5.42 Å². The smallest absolute Gasteiger partial charge is 0.141 e. The minimum Gasteiger partial charge on any atom is -0.302 e. The molecular formula is C10H14N2O. The van der Waals surface area contributed by atoms with E-state index in [1.165, 1.54) is 0 Å². The molecule has 0 aromatic heterocycles. The van der Waals surface area contributed by atoms with Crippen LogP contribution in [-0.2, 0) is 11.2 Å². The van der Waals surface area contributed by atoms with Gasteiger partial charge in [-0.25, -0.2) is 5.43 Å². The highest BCUT2D eigenvalue weighted by Gasteiger charge is 2.05. The zero-order valence-corrected chi connectivity index (χ0v) is 7.60. The molecule has 1 rings (SSSR count). The van der Waals surface area contributed by atoms with Gasteiger partial charge in [-0.2, -0.15) is 0 Å². The lowest BCUT2D eigenvalue weighted by molar-refractivity contribution is -0.109. The van der Waals surface area contributed by atoms with E-state index in [9.17, 15) is 4.79 Å². The van der Waals surface area contributed by atoms with E-state index >= 15 is 0 Å². The van der Waals surface area contributed by atoms with Crippen LogP contribution in [0.2, 0.25) is 1.41 Å². The number of aldehydes is 1. The molecule has 0 fully saturated rings. The van der Waals surface area contributed by atoms with E-state index in [0.717, 1.165) is 17.3 Å². The minimum atomic E-state index is -0.333. The first-order valence-electron chi connectivity index (χ1n) is 4.65. The van der Waals surface area contributed by atoms with E-state index in [2.05, 4.69) is 5.43 Å². The highest BCUT2D eigenvalue weighted by atomic mass is 16.1. The third kappa shape index (κ3) is 3.36. The molecule has 0 aliphatic rings. The molecule has 1 aromatic rings. The van der Waals surface area contributed by atoms with E-state index in [1.54, 1.807) is 7.05 Å². The standard InChI is InChI=1S/C10H14N2O/c1-11-12-10(8-13)7-9-5-3-2-4-6-9/h2-6,8,10-12H,7H2,1H3/t10-/m0/s1/i/hD. The number of hydrogen-bond acceptors (Lipinski definition) is 3. The van der Waals surface area contributed by atoms with Crippen molar-refractivity contribution in [2.24, 2.45) is 0 Å². The second-order valence-corrected chi connectivity index (χ2v) is 2.79. The molecule has 0 heterocycles. The summed E-state index contributed by atoms with van der Waals surface area (Å²) in [4.78, 5) is 10.7. The SMILES string of the molecule is [2H]N(C)N[C@H](C=O)Cc1ccccc1. The molecule has 0 radical (unpaired) electrons. The lowest BCUT2D eigenvalue weighted by atomic mass is 10.1. The largest absolute Gasteiger partial charge is 0.302 e. The maximum absolute atomic E-state index is 10.7. The Labute approximate surface area is 79.6 Å². The Balaban J connectivity index is 2.53. The molecule has 3 nitrogen and oxygen atoms in total. The molecule has 0 unspecified atom stereocenters. The Bertz CT molecular complexity index is 277. The van der Waals surface area contributed by atoms with Crippen molar-refractivity contribution in [3.63, 3.8) is 0 Å². The van der Waals surface area contributed by atoms with Crippen LogP contribution >= 0.6 is 0 Å². The van der Waals surface area contributed by atoms with Crippen molar-refractivity contribution in [3.05, 3.63) is 35.9 Å². The van der Waals surface area contributed by atoms with Gasteiger partial charge >= 0.3 is 0 Å². The van der Waals surface area contributed by atoms with Crippen LogP contribution in [0, 0.1) is 0 Å². The Kier molecular flexibility index (Phi) is 3.53. The van der Waals surface area contributed by atoms with Crippen molar-refractivity contribution >= 4 is 6.29 Å². The monoisotopic (exact) mass is 179 g/mol. The average Bonchev–Trinajstić information content (AvgIpc) is 2.17. The van der Waals surface area contributed by atoms with E-state index in [4.69, 9.17) is 1.41 Å². The van der Waals surface area contributed by atoms with Crippen LogP contribution < -0.4 is 10.8 Å². The Hall–Kier alpha value is -1.19. The molecule has 0 bridgehead atoms. The number of hydrazine groups is 1. The summed E-state index contributed by atoms with van der Waals surface area (Å²) in [6.45, 7) is 0. The van der Waals surface area contributed by atoms with Crippen molar-refractivity contribution in [3.8, 4) is 0 Å². The fraction of sp³-hybridized carbons (Fsp3) is 0.300. The predicted octanol–water partition coefficient (Wildman–Crippen LogP) is 0.521. The molecule has 0 saturated heterocycles. The number of benzene rings is 1. The molecule has 2 N–H and O–H groups in total. The van der Waals surface area contributed by atoms with E-state index < -0.39 is 0 Å². The third-order valence-corrected chi connectivity index (χ3v) is 1.76. The van der Waals surface area contributed by atoms with Gasteiger partial charge in [0.15, 0.2) is 0 Å². The molecule has 0 amide bonds. The Morgan fingerprint density at radius 1 is 1.54 bits per heavy atom. The van der Waals surface area contributed by atoms with Gasteiger partial charge in [0.05, 0.1) is 6.04 Å². The van der Waals surface area contributed by atoms with Crippen molar-refractivity contribution in [1.29, 1.82) is 0 Å². The summed E-state index contributed by atoms with van der Waals surface area (Å²) in [7, 11) is 1.54. The normalized spacial score (nSPS) is 13.8. The molecule has 0 aliphatic heterocycles. The Morgan fingerprint density at radius 3 is 2.77 bits per heavy atom. The number of carbonyl (C=O) groups excluding carboxylic acids is 1. The first-order valence-corrected chi connectivity index (χ1v) is 4.20. The number of nitrogens with one attached hydrogen (secondary N) is 2. The van der Waals surface area contributed by atoms with Gasteiger partial charge in [-0.15, -0.1) is 0 Å². The quantitative estimate of drug-likeness (QED) is 0.511. The lowest BCUT2D eigenvalue weighted by Crippen LogP contribution is -2.40. The van der Waals surface area contributed by atoms with Crippen molar-refractivity contribution < 1.29 is 6.21 Å². The van der Waals surface area contributed by atoms with Gasteiger partial charge in [0.2, 0.25) is 0 Å². The van der Waals surface area contributed by atoms with Crippen LogP contribution in [0.15, 0.2) is 30.3 Å². The second-order valence-electron chi connectivity index (χ2n) is 2.79. The van der Waals surface area contributed by atoms with Crippen molar-refractivity contribution in [2.45, 2.75) is 12.5 Å². The number of hydrogen-bond donors (Lipinski definition) is 2. The summed E-state index contributed by atoms with van der Waals surface area (Å²) in [6, 6.07) is 9.39. The van der Waals surface area contributed by atoms with Crippen LogP contribution in [0.25, 0.3) is 0 Å². The molecular weight excluding hydrogens is 164 g/mol. The summed E-state index contributed by atoms with van der Waals surface area (Å²) >= 11 is 0. The number of rotatable bonds is 5. The zero-order valence-electron chi connectivity index (χ0n) is 8.60. The molecule has 3 heteroatoms. The van der Waals surface area contributed by atoms with Gasteiger partial charge < -0.3 is 4.79 Å². The molecule has 1 atom stereocenters. The third-order valence-electron chi connectivity index (χ3n) is 1.76. The van der Waals surface area contributed by atoms with Gasteiger partial charge in [0.1, 0.15) is 7.70 Å². The summed E-state index contributed by atoms with van der Waals surface area (Å²) in [6.07, 6.45) is 1.42. The van der Waals surface area contributed by atoms with Crippen molar-refractivity contribution in [2.75, 3.05) is 7.05 Å². The Morgan fingerprint density at radius 2 is 2.23 bits per heavy atom. The van der Waals surface area contributed by atoms with Crippen LogP contribution in [0.4, 0.5) is 0 Å². The van der Waals surface area contributed by atoms with Crippen LogP contribution in [0.3, 0.4) is 0 Å². The van der Waals surface area contributed by atoms with E-state index in [1.807, 2.05) is 30.3 Å². The highest BCUT2D eigenvalue weighted by Crippen LogP contribution is 2.01. The fourth-order valence-electron chi connectivity index (χ4n) is 1.16. The van der Waals surface area contributed by atoms with Crippen LogP contribution in [0.5, 0.6) is 0 Å². The summed E-state index contributed by atoms with van der Waals surface area (Å²) in [5.41, 5.74) is 4.84. The summed E-state index contributed by atoms with van der Waals surface area (Å²) in [5, 5.41) is 0. The molecule has 70 valence electrons. The first kappa shape index (κ1) is 8.41. The average molecular weight is 179 g/mol. The van der Waals surface area contributed by atoms with Crippen LogP contribution in [0.1, 0.15) is 5.56 Å². The molecule has 0 spiro atoms. The second kappa shape index (κ2) is 5.45. The molecule has 1 aromatic carbocycles. The van der Waals surface area contributed by atoms with Gasteiger partial charge in [0, 0.05) is 0 Å². The van der Waals surface area contributed by atoms with Gasteiger partial charge in [0.25, 0.3) is 0 Å². The topological polar surface area (TPSA) is 41.1 Å². The van der Waals surface area contributed by atoms with E-state index in [0.29, 0.717) is 6.42 Å². The predicted molar refractivity (Wildman–Crippen MR) is 52.2 cm³/mol. The highest BCUT2D eigenvalue weighted by molar-refractivity contribution is 5.58. The molecule has 0 saturated carbocycles. The fourth-order valence-corrected chi connectivity index (χ4v) is 1.16. The van der Waals surface area contributed by atoms with Crippen molar-refractivity contribution in [1.82, 2.24) is 10.8 Å². The maximum atomic E-state index is 10.7. The lowest BCUT2D eigenvalue weighted by Gasteiger charge is -2.10. The minimum absolute atomic E-state index is 0.333. The molecule has 13 heavy (non-hydrogen) atoms. The first-order chi connectivity index (χ1) is 6.72. The van der Waals surface area contributed by atoms with Gasteiger partial charge in [-0.05, 0) is 19.0 Å². The maximum Gasteiger partial charge on any atom is 0.141 e. The number of carbonyl (C=O) groups is 1.